The van der Waals surface area contributed by atoms with E-state index in [1.807, 2.05) is 36.4 Å². The Bertz CT molecular complexity index is 1420. The first kappa shape index (κ1) is 21.6. The van der Waals surface area contributed by atoms with Gasteiger partial charge in [-0.2, -0.15) is 18.3 Å². The fraction of sp³-hybridized carbons (Fsp3) is 0.120. The molecule has 0 N–H and O–H groups in total. The van der Waals surface area contributed by atoms with E-state index in [0.29, 0.717) is 28.3 Å². The maximum atomic E-state index is 12.9. The number of rotatable bonds is 6. The smallest absolute Gasteiger partial charge is 0.408 e. The molecular formula is C25H18F3N5O. The highest BCUT2D eigenvalue weighted by atomic mass is 19.4. The summed E-state index contributed by atoms with van der Waals surface area (Å²) in [5.41, 5.74) is 3.87. The summed E-state index contributed by atoms with van der Waals surface area (Å²) < 4.78 is 45.5. The van der Waals surface area contributed by atoms with E-state index in [4.69, 9.17) is 4.74 Å². The number of para-hydroxylation sites is 1. The maximum absolute atomic E-state index is 12.9. The zero-order valence-corrected chi connectivity index (χ0v) is 17.8. The third-order valence-corrected chi connectivity index (χ3v) is 5.13. The van der Waals surface area contributed by atoms with Gasteiger partial charge in [-0.05, 0) is 35.9 Å². The number of hydrogen-bond acceptors (Lipinski definition) is 5. The topological polar surface area (TPSA) is 65.7 Å². The zero-order chi connectivity index (χ0) is 23.5. The van der Waals surface area contributed by atoms with Gasteiger partial charge in [-0.3, -0.25) is 9.67 Å². The lowest BCUT2D eigenvalue weighted by Crippen LogP contribution is -2.17. The number of nitrogens with zero attached hydrogens (tertiary/aromatic N) is 5. The molecule has 6 nitrogen and oxygen atoms in total. The molecule has 4 heterocycles. The molecule has 0 aliphatic rings. The highest BCUT2D eigenvalue weighted by Gasteiger charge is 2.29. The Morgan fingerprint density at radius 1 is 0.882 bits per heavy atom. The average Bonchev–Trinajstić information content (AvgIpc) is 3.25. The minimum atomic E-state index is -4.38. The van der Waals surface area contributed by atoms with Gasteiger partial charge in [0.25, 0.3) is 0 Å². The first-order valence-electron chi connectivity index (χ1n) is 10.4. The molecule has 0 aliphatic carbocycles. The van der Waals surface area contributed by atoms with E-state index in [2.05, 4.69) is 20.1 Å². The first-order chi connectivity index (χ1) is 16.4. The van der Waals surface area contributed by atoms with Gasteiger partial charge >= 0.3 is 6.18 Å². The van der Waals surface area contributed by atoms with E-state index >= 15 is 0 Å². The second kappa shape index (κ2) is 8.93. The van der Waals surface area contributed by atoms with E-state index < -0.39 is 12.7 Å². The predicted octanol–water partition coefficient (Wildman–Crippen LogP) is 5.70. The molecule has 9 heteroatoms. The van der Waals surface area contributed by atoms with Crippen LogP contribution >= 0.6 is 0 Å². The van der Waals surface area contributed by atoms with Crippen molar-refractivity contribution in [3.05, 3.63) is 91.1 Å². The molecule has 0 bridgehead atoms. The number of ether oxygens (including phenoxy) is 1. The van der Waals surface area contributed by atoms with Crippen molar-refractivity contribution in [1.82, 2.24) is 24.7 Å². The fourth-order valence-electron chi connectivity index (χ4n) is 3.58. The molecule has 0 fully saturated rings. The largest absolute Gasteiger partial charge is 0.471 e. The summed E-state index contributed by atoms with van der Waals surface area (Å²) in [6, 6.07) is 18.5. The molecule has 34 heavy (non-hydrogen) atoms. The van der Waals surface area contributed by atoms with Gasteiger partial charge in [-0.1, -0.05) is 24.3 Å². The molecule has 0 radical (unpaired) electrons. The highest BCUT2D eigenvalue weighted by Crippen LogP contribution is 2.32. The fourth-order valence-corrected chi connectivity index (χ4v) is 3.58. The molecule has 1 aromatic carbocycles. The number of benzene rings is 1. The van der Waals surface area contributed by atoms with Crippen LogP contribution in [0.5, 0.6) is 5.88 Å². The Morgan fingerprint density at radius 2 is 1.71 bits per heavy atom. The summed E-state index contributed by atoms with van der Waals surface area (Å²) in [7, 11) is 0. The van der Waals surface area contributed by atoms with Crippen LogP contribution in [0.25, 0.3) is 33.3 Å². The van der Waals surface area contributed by atoms with Gasteiger partial charge in [0.1, 0.15) is 18.8 Å². The first-order valence-corrected chi connectivity index (χ1v) is 10.4. The van der Waals surface area contributed by atoms with E-state index in [-0.39, 0.29) is 6.61 Å². The van der Waals surface area contributed by atoms with Crippen LogP contribution in [0.1, 0.15) is 5.69 Å². The normalized spacial score (nSPS) is 11.6. The van der Waals surface area contributed by atoms with Crippen LogP contribution in [0.3, 0.4) is 0 Å². The summed E-state index contributed by atoms with van der Waals surface area (Å²) in [5.74, 6) is 0.374. The Balaban J connectivity index is 1.37. The third kappa shape index (κ3) is 4.88. The van der Waals surface area contributed by atoms with E-state index in [1.165, 1.54) is 12.4 Å². The number of alkyl halides is 3. The zero-order valence-electron chi connectivity index (χ0n) is 17.8. The number of halogens is 3. The maximum Gasteiger partial charge on any atom is 0.408 e. The number of aromatic nitrogens is 5. The minimum Gasteiger partial charge on any atom is -0.471 e. The van der Waals surface area contributed by atoms with Crippen molar-refractivity contribution >= 4 is 10.9 Å². The van der Waals surface area contributed by atoms with Crippen LogP contribution in [-0.4, -0.2) is 30.9 Å². The van der Waals surface area contributed by atoms with Crippen molar-refractivity contribution < 1.29 is 17.9 Å². The lowest BCUT2D eigenvalue weighted by atomic mass is 10.0. The second-order valence-electron chi connectivity index (χ2n) is 7.61. The average molecular weight is 461 g/mol. The molecule has 5 rings (SSSR count). The summed E-state index contributed by atoms with van der Waals surface area (Å²) in [6.45, 7) is -0.946. The Labute approximate surface area is 192 Å². The Hall–Kier alpha value is -4.27. The van der Waals surface area contributed by atoms with Crippen molar-refractivity contribution in [2.24, 2.45) is 0 Å². The molecule has 0 saturated heterocycles. The summed E-state index contributed by atoms with van der Waals surface area (Å²) in [4.78, 5) is 12.9. The van der Waals surface area contributed by atoms with Gasteiger partial charge < -0.3 is 4.74 Å². The van der Waals surface area contributed by atoms with Crippen molar-refractivity contribution in [3.8, 4) is 28.3 Å². The van der Waals surface area contributed by atoms with E-state index in [9.17, 15) is 13.2 Å². The van der Waals surface area contributed by atoms with Crippen LogP contribution in [0.4, 0.5) is 13.2 Å². The Morgan fingerprint density at radius 3 is 2.47 bits per heavy atom. The van der Waals surface area contributed by atoms with Crippen LogP contribution < -0.4 is 4.74 Å². The molecule has 0 atom stereocenters. The van der Waals surface area contributed by atoms with Gasteiger partial charge in [-0.25, -0.2) is 9.97 Å². The molecule has 0 unspecified atom stereocenters. The number of hydrogen-bond donors (Lipinski definition) is 0. The minimum absolute atomic E-state index is 0.236. The molecule has 170 valence electrons. The van der Waals surface area contributed by atoms with Crippen LogP contribution in [0, 0.1) is 0 Å². The standard InChI is InChI=1S/C25H18F3N5O/c26-25(27,28)16-33-14-21(17-9-11-29-12-10-17)24(32-33)19-6-8-23(30-13-19)34-15-20-7-5-18-3-1-2-4-22(18)31-20/h1-14H,15-16H2. The van der Waals surface area contributed by atoms with Crippen LogP contribution in [0.2, 0.25) is 0 Å². The summed E-state index contributed by atoms with van der Waals surface area (Å²) in [6.07, 6.45) is 1.69. The van der Waals surface area contributed by atoms with Crippen LogP contribution in [-0.2, 0) is 13.2 Å². The van der Waals surface area contributed by atoms with Crippen molar-refractivity contribution in [2.75, 3.05) is 0 Å². The van der Waals surface area contributed by atoms with Crippen LogP contribution in [0.15, 0.2) is 85.5 Å². The number of fused-ring (bicyclic) bond motifs is 1. The van der Waals surface area contributed by atoms with Gasteiger partial charge in [0.05, 0.1) is 11.2 Å². The SMILES string of the molecule is FC(F)(F)Cn1cc(-c2ccncc2)c(-c2ccc(OCc3ccc4ccccc4n3)nc2)n1. The van der Waals surface area contributed by atoms with Gasteiger partial charge in [0.15, 0.2) is 0 Å². The molecule has 0 spiro atoms. The molecule has 0 saturated carbocycles. The molecule has 4 aromatic heterocycles. The lowest BCUT2D eigenvalue weighted by Gasteiger charge is -2.07. The van der Waals surface area contributed by atoms with E-state index in [0.717, 1.165) is 21.3 Å². The Kier molecular flexibility index (Phi) is 5.67. The number of pyridine rings is 3. The molecule has 5 aromatic rings. The van der Waals surface area contributed by atoms with Gasteiger partial charge in [0, 0.05) is 47.4 Å². The van der Waals surface area contributed by atoms with Crippen molar-refractivity contribution in [2.45, 2.75) is 19.3 Å². The second-order valence-corrected chi connectivity index (χ2v) is 7.61. The van der Waals surface area contributed by atoms with Gasteiger partial charge in [0.2, 0.25) is 5.88 Å². The quantitative estimate of drug-likeness (QED) is 0.325. The predicted molar refractivity (Wildman–Crippen MR) is 121 cm³/mol. The summed E-state index contributed by atoms with van der Waals surface area (Å²) >= 11 is 0. The molecular weight excluding hydrogens is 443 g/mol. The van der Waals surface area contributed by atoms with E-state index in [1.54, 1.807) is 36.7 Å². The lowest BCUT2D eigenvalue weighted by molar-refractivity contribution is -0.142. The van der Waals surface area contributed by atoms with Crippen molar-refractivity contribution in [1.29, 1.82) is 0 Å². The van der Waals surface area contributed by atoms with Gasteiger partial charge in [-0.15, -0.1) is 0 Å². The van der Waals surface area contributed by atoms with Crippen molar-refractivity contribution in [3.63, 3.8) is 0 Å². The monoisotopic (exact) mass is 461 g/mol. The summed E-state index contributed by atoms with van der Waals surface area (Å²) in [5, 5.41) is 5.22. The molecule has 0 amide bonds. The highest BCUT2D eigenvalue weighted by molar-refractivity contribution is 5.80. The molecule has 0 aliphatic heterocycles. The third-order valence-electron chi connectivity index (χ3n) is 5.13.